The van der Waals surface area contributed by atoms with Crippen molar-refractivity contribution in [3.63, 3.8) is 0 Å². The number of aromatic nitrogens is 1. The van der Waals surface area contributed by atoms with Gasteiger partial charge in [0.2, 0.25) is 0 Å². The third-order valence-electron chi connectivity index (χ3n) is 6.32. The molecule has 2 nitrogen and oxygen atoms in total. The molecule has 0 amide bonds. The molecule has 3 heteroatoms. The standard InChI is InChI=1S/C32H24N2S/c35-34-31-14-8-7-13-29(31)30-23-28(21-22-32(30)34)33(26-11-5-2-6-12-26)27-19-17-25(18-20-27)16-15-24-9-3-1-4-10-24/h1-23,35H/b16-15+. The predicted molar refractivity (Wildman–Crippen MR) is 154 cm³/mol. The Labute approximate surface area is 210 Å². The Bertz CT molecular complexity index is 1630. The van der Waals surface area contributed by atoms with Gasteiger partial charge in [-0.05, 0) is 59.7 Å². The van der Waals surface area contributed by atoms with Crippen molar-refractivity contribution in [1.82, 2.24) is 3.97 Å². The van der Waals surface area contributed by atoms with Crippen molar-refractivity contribution in [3.05, 3.63) is 139 Å². The highest BCUT2D eigenvalue weighted by Gasteiger charge is 2.15. The summed E-state index contributed by atoms with van der Waals surface area (Å²) in [5, 5.41) is 2.39. The summed E-state index contributed by atoms with van der Waals surface area (Å²) in [5.74, 6) is 0. The van der Waals surface area contributed by atoms with E-state index in [0.29, 0.717) is 0 Å². The Kier molecular flexibility index (Phi) is 5.61. The highest BCUT2D eigenvalue weighted by molar-refractivity contribution is 7.79. The second kappa shape index (κ2) is 9.21. The van der Waals surface area contributed by atoms with Gasteiger partial charge in [-0.25, -0.2) is 0 Å². The van der Waals surface area contributed by atoms with E-state index >= 15 is 0 Å². The fourth-order valence-corrected chi connectivity index (χ4v) is 4.94. The molecule has 1 heterocycles. The number of anilines is 3. The predicted octanol–water partition coefficient (Wildman–Crippen LogP) is 9.13. The van der Waals surface area contributed by atoms with Gasteiger partial charge < -0.3 is 4.90 Å². The zero-order chi connectivity index (χ0) is 23.6. The Morgan fingerprint density at radius 1 is 0.486 bits per heavy atom. The van der Waals surface area contributed by atoms with Crippen LogP contribution in [0.5, 0.6) is 0 Å². The summed E-state index contributed by atoms with van der Waals surface area (Å²) in [6, 6.07) is 44.6. The van der Waals surface area contributed by atoms with Crippen LogP contribution in [0.2, 0.25) is 0 Å². The van der Waals surface area contributed by atoms with E-state index in [9.17, 15) is 0 Å². The minimum atomic E-state index is 1.10. The lowest BCUT2D eigenvalue weighted by Crippen LogP contribution is -2.09. The van der Waals surface area contributed by atoms with Crippen molar-refractivity contribution in [2.75, 3.05) is 4.90 Å². The summed E-state index contributed by atoms with van der Waals surface area (Å²) in [6.45, 7) is 0. The Morgan fingerprint density at radius 3 is 1.77 bits per heavy atom. The Hall–Kier alpha value is -4.21. The molecule has 0 N–H and O–H groups in total. The van der Waals surface area contributed by atoms with Crippen LogP contribution >= 0.6 is 12.8 Å². The van der Waals surface area contributed by atoms with Gasteiger partial charge in [-0.3, -0.25) is 3.97 Å². The molecule has 0 aliphatic heterocycles. The van der Waals surface area contributed by atoms with Crippen molar-refractivity contribution < 1.29 is 0 Å². The van der Waals surface area contributed by atoms with Gasteiger partial charge in [0, 0.05) is 27.8 Å². The second-order valence-corrected chi connectivity index (χ2v) is 8.94. The first-order chi connectivity index (χ1) is 17.3. The number of hydrogen-bond donors (Lipinski definition) is 1. The van der Waals surface area contributed by atoms with Crippen LogP contribution in [-0.2, 0) is 0 Å². The monoisotopic (exact) mass is 468 g/mol. The maximum absolute atomic E-state index is 4.75. The number of nitrogens with zero attached hydrogens (tertiary/aromatic N) is 2. The van der Waals surface area contributed by atoms with E-state index in [1.54, 1.807) is 0 Å². The van der Waals surface area contributed by atoms with Crippen LogP contribution in [0.25, 0.3) is 34.0 Å². The third kappa shape index (κ3) is 4.11. The fourth-order valence-electron chi connectivity index (χ4n) is 4.59. The molecule has 0 atom stereocenters. The molecule has 0 saturated carbocycles. The maximum atomic E-state index is 4.75. The lowest BCUT2D eigenvalue weighted by Gasteiger charge is -2.25. The molecule has 0 fully saturated rings. The molecule has 5 aromatic carbocycles. The van der Waals surface area contributed by atoms with Crippen LogP contribution in [0.4, 0.5) is 17.1 Å². The van der Waals surface area contributed by atoms with Crippen molar-refractivity contribution in [2.45, 2.75) is 0 Å². The van der Waals surface area contributed by atoms with Gasteiger partial charge in [0.05, 0.1) is 11.0 Å². The number of para-hydroxylation sites is 2. The highest BCUT2D eigenvalue weighted by Crippen LogP contribution is 2.38. The van der Waals surface area contributed by atoms with Crippen LogP contribution in [0.3, 0.4) is 0 Å². The van der Waals surface area contributed by atoms with Gasteiger partial charge in [0.15, 0.2) is 0 Å². The minimum absolute atomic E-state index is 1.10. The average molecular weight is 469 g/mol. The first kappa shape index (κ1) is 21.3. The van der Waals surface area contributed by atoms with E-state index in [2.05, 4.69) is 138 Å². The zero-order valence-electron chi connectivity index (χ0n) is 19.1. The summed E-state index contributed by atoms with van der Waals surface area (Å²) in [6.07, 6.45) is 4.30. The van der Waals surface area contributed by atoms with Crippen LogP contribution < -0.4 is 4.90 Å². The summed E-state index contributed by atoms with van der Waals surface area (Å²) < 4.78 is 1.97. The Morgan fingerprint density at radius 2 is 1.03 bits per heavy atom. The molecule has 168 valence electrons. The van der Waals surface area contributed by atoms with Gasteiger partial charge >= 0.3 is 0 Å². The molecule has 6 rings (SSSR count). The Balaban J connectivity index is 1.43. The van der Waals surface area contributed by atoms with E-state index < -0.39 is 0 Å². The molecule has 0 radical (unpaired) electrons. The first-order valence-electron chi connectivity index (χ1n) is 11.7. The van der Waals surface area contributed by atoms with Gasteiger partial charge in [0.25, 0.3) is 0 Å². The van der Waals surface area contributed by atoms with E-state index in [-0.39, 0.29) is 0 Å². The van der Waals surface area contributed by atoms with Crippen molar-refractivity contribution >= 4 is 63.8 Å². The average Bonchev–Trinajstić information content (AvgIpc) is 3.21. The highest BCUT2D eigenvalue weighted by atomic mass is 32.1. The number of benzene rings is 5. The fraction of sp³-hybridized carbons (Fsp3) is 0. The molecule has 0 spiro atoms. The smallest absolute Gasteiger partial charge is 0.0603 e. The number of rotatable bonds is 5. The molecule has 0 aliphatic carbocycles. The first-order valence-corrected chi connectivity index (χ1v) is 12.1. The SMILES string of the molecule is Sn1c2ccccc2c2cc(N(c3ccccc3)c3ccc(/C=C/c4ccccc4)cc3)ccc21. The summed E-state index contributed by atoms with van der Waals surface area (Å²) in [7, 11) is 0. The van der Waals surface area contributed by atoms with Crippen LogP contribution in [0.15, 0.2) is 127 Å². The minimum Gasteiger partial charge on any atom is -0.310 e. The number of fused-ring (bicyclic) bond motifs is 3. The quantitative estimate of drug-likeness (QED) is 0.196. The van der Waals surface area contributed by atoms with Crippen LogP contribution in [-0.4, -0.2) is 3.97 Å². The van der Waals surface area contributed by atoms with Gasteiger partial charge in [-0.2, -0.15) is 0 Å². The lowest BCUT2D eigenvalue weighted by atomic mass is 10.1. The summed E-state index contributed by atoms with van der Waals surface area (Å²) >= 11 is 4.75. The largest absolute Gasteiger partial charge is 0.310 e. The summed E-state index contributed by atoms with van der Waals surface area (Å²) in [5.41, 5.74) is 7.92. The maximum Gasteiger partial charge on any atom is 0.0603 e. The molecular formula is C32H24N2S. The van der Waals surface area contributed by atoms with E-state index in [4.69, 9.17) is 12.8 Å². The molecule has 0 bridgehead atoms. The topological polar surface area (TPSA) is 8.17 Å². The van der Waals surface area contributed by atoms with Crippen LogP contribution in [0.1, 0.15) is 11.1 Å². The van der Waals surface area contributed by atoms with Crippen molar-refractivity contribution in [2.24, 2.45) is 0 Å². The molecule has 0 saturated heterocycles. The lowest BCUT2D eigenvalue weighted by molar-refractivity contribution is 1.29. The molecule has 35 heavy (non-hydrogen) atoms. The van der Waals surface area contributed by atoms with Gasteiger partial charge in [0.1, 0.15) is 0 Å². The number of hydrogen-bond acceptors (Lipinski definition) is 2. The van der Waals surface area contributed by atoms with E-state index in [0.717, 1.165) is 28.1 Å². The van der Waals surface area contributed by atoms with Gasteiger partial charge in [-0.1, -0.05) is 104 Å². The number of thiol groups is 1. The molecule has 1 aromatic heterocycles. The van der Waals surface area contributed by atoms with E-state index in [1.165, 1.54) is 21.9 Å². The summed E-state index contributed by atoms with van der Waals surface area (Å²) in [4.78, 5) is 2.30. The molecule has 0 aliphatic rings. The van der Waals surface area contributed by atoms with Crippen LogP contribution in [0, 0.1) is 0 Å². The normalized spacial score (nSPS) is 11.5. The van der Waals surface area contributed by atoms with E-state index in [1.807, 2.05) is 10.0 Å². The van der Waals surface area contributed by atoms with Crippen molar-refractivity contribution in [1.29, 1.82) is 0 Å². The second-order valence-electron chi connectivity index (χ2n) is 8.54. The zero-order valence-corrected chi connectivity index (χ0v) is 20.0. The molecular weight excluding hydrogens is 444 g/mol. The third-order valence-corrected chi connectivity index (χ3v) is 6.75. The van der Waals surface area contributed by atoms with Gasteiger partial charge in [-0.15, -0.1) is 0 Å². The van der Waals surface area contributed by atoms with Crippen molar-refractivity contribution in [3.8, 4) is 0 Å². The molecule has 6 aromatic rings. The molecule has 0 unspecified atom stereocenters.